The third kappa shape index (κ3) is 2.77. The Morgan fingerprint density at radius 1 is 1.39 bits per heavy atom. The maximum absolute atomic E-state index is 12.5. The molecule has 1 N–H and O–H groups in total. The van der Waals surface area contributed by atoms with E-state index in [4.69, 9.17) is 4.74 Å². The lowest BCUT2D eigenvalue weighted by Crippen LogP contribution is -2.44. The van der Waals surface area contributed by atoms with E-state index in [1.807, 2.05) is 6.92 Å². The second-order valence-corrected chi connectivity index (χ2v) is 4.79. The van der Waals surface area contributed by atoms with Gasteiger partial charge in [0.05, 0.1) is 0 Å². The van der Waals surface area contributed by atoms with Crippen LogP contribution in [0, 0.1) is 0 Å². The smallest absolute Gasteiger partial charge is 0.435 e. The van der Waals surface area contributed by atoms with Crippen molar-refractivity contribution in [2.24, 2.45) is 7.05 Å². The average Bonchev–Trinajstić information content (AvgIpc) is 2.60. The highest BCUT2D eigenvalue weighted by Crippen LogP contribution is 2.32. The van der Waals surface area contributed by atoms with Gasteiger partial charge in [-0.2, -0.15) is 18.3 Å². The second kappa shape index (κ2) is 4.46. The first-order valence-corrected chi connectivity index (χ1v) is 5.81. The minimum absolute atomic E-state index is 0.159. The Bertz CT molecular complexity index is 422. The van der Waals surface area contributed by atoms with Crippen LogP contribution in [-0.4, -0.2) is 28.5 Å². The quantitative estimate of drug-likeness (QED) is 0.886. The number of rotatable bonds is 2. The van der Waals surface area contributed by atoms with E-state index in [1.54, 1.807) is 0 Å². The Morgan fingerprint density at radius 3 is 2.50 bits per heavy atom. The third-order valence-electron chi connectivity index (χ3n) is 3.14. The highest BCUT2D eigenvalue weighted by atomic mass is 19.4. The maximum atomic E-state index is 12.5. The van der Waals surface area contributed by atoms with E-state index in [0.717, 1.165) is 36.7 Å². The normalized spacial score (nSPS) is 19.8. The number of alkyl halides is 3. The van der Waals surface area contributed by atoms with Crippen molar-refractivity contribution in [2.45, 2.75) is 31.5 Å². The van der Waals surface area contributed by atoms with E-state index in [9.17, 15) is 13.2 Å². The summed E-state index contributed by atoms with van der Waals surface area (Å²) in [6, 6.07) is 0.952. The highest BCUT2D eigenvalue weighted by Gasteiger charge is 2.36. The molecule has 0 radical (unpaired) electrons. The molecule has 2 heterocycles. The van der Waals surface area contributed by atoms with Crippen molar-refractivity contribution in [2.75, 3.05) is 13.1 Å². The van der Waals surface area contributed by atoms with Gasteiger partial charge in [0.1, 0.15) is 5.60 Å². The molecular formula is C11H16F3N3O. The van der Waals surface area contributed by atoms with E-state index >= 15 is 0 Å². The van der Waals surface area contributed by atoms with Gasteiger partial charge >= 0.3 is 6.18 Å². The molecule has 0 aliphatic carbocycles. The molecule has 0 unspecified atom stereocenters. The number of aromatic nitrogens is 2. The summed E-state index contributed by atoms with van der Waals surface area (Å²) in [5.41, 5.74) is -1.35. The predicted octanol–water partition coefficient (Wildman–Crippen LogP) is 1.96. The number of hydrogen-bond donors (Lipinski definition) is 1. The lowest BCUT2D eigenvalue weighted by Gasteiger charge is -2.34. The predicted molar refractivity (Wildman–Crippen MR) is 59.3 cm³/mol. The first-order valence-electron chi connectivity index (χ1n) is 5.81. The first kappa shape index (κ1) is 13.2. The number of ether oxygens (including phenoxy) is 1. The second-order valence-electron chi connectivity index (χ2n) is 4.79. The number of nitrogens with zero attached hydrogens (tertiary/aromatic N) is 2. The van der Waals surface area contributed by atoms with Crippen molar-refractivity contribution in [3.05, 3.63) is 11.8 Å². The van der Waals surface area contributed by atoms with Crippen LogP contribution in [0.25, 0.3) is 0 Å². The summed E-state index contributed by atoms with van der Waals surface area (Å²) in [5, 5.41) is 6.62. The molecule has 4 nitrogen and oxygen atoms in total. The van der Waals surface area contributed by atoms with Crippen molar-refractivity contribution in [1.29, 1.82) is 0 Å². The van der Waals surface area contributed by atoms with Crippen molar-refractivity contribution in [3.63, 3.8) is 0 Å². The Labute approximate surface area is 103 Å². The van der Waals surface area contributed by atoms with Crippen LogP contribution in [0.4, 0.5) is 13.2 Å². The van der Waals surface area contributed by atoms with Gasteiger partial charge in [0, 0.05) is 13.1 Å². The number of nitrogens with one attached hydrogen (secondary N) is 1. The van der Waals surface area contributed by atoms with Gasteiger partial charge in [0.25, 0.3) is 0 Å². The molecule has 1 aromatic rings. The first-order chi connectivity index (χ1) is 8.30. The summed E-state index contributed by atoms with van der Waals surface area (Å²) in [5.74, 6) is 0.159. The Kier molecular flexibility index (Phi) is 3.27. The summed E-state index contributed by atoms with van der Waals surface area (Å²) in [7, 11) is 1.45. The van der Waals surface area contributed by atoms with Crippen LogP contribution >= 0.6 is 0 Å². The van der Waals surface area contributed by atoms with Crippen molar-refractivity contribution >= 4 is 0 Å². The van der Waals surface area contributed by atoms with Crippen LogP contribution in [-0.2, 0) is 13.2 Å². The molecule has 7 heteroatoms. The van der Waals surface area contributed by atoms with Crippen molar-refractivity contribution < 1.29 is 17.9 Å². The van der Waals surface area contributed by atoms with Gasteiger partial charge in [-0.1, -0.05) is 0 Å². The van der Waals surface area contributed by atoms with E-state index in [1.165, 1.54) is 7.05 Å². The van der Waals surface area contributed by atoms with Gasteiger partial charge in [-0.05, 0) is 32.9 Å². The van der Waals surface area contributed by atoms with Crippen molar-refractivity contribution in [1.82, 2.24) is 15.1 Å². The molecule has 0 spiro atoms. The van der Waals surface area contributed by atoms with E-state index in [2.05, 4.69) is 10.4 Å². The Hall–Kier alpha value is -1.24. The number of aryl methyl sites for hydroxylation is 1. The van der Waals surface area contributed by atoms with Crippen LogP contribution < -0.4 is 10.1 Å². The summed E-state index contributed by atoms with van der Waals surface area (Å²) in [6.45, 7) is 3.52. The fourth-order valence-electron chi connectivity index (χ4n) is 1.99. The molecule has 0 saturated carbocycles. The van der Waals surface area contributed by atoms with Crippen LogP contribution in [0.5, 0.6) is 5.88 Å². The zero-order valence-corrected chi connectivity index (χ0v) is 10.3. The van der Waals surface area contributed by atoms with Gasteiger partial charge < -0.3 is 10.1 Å². The van der Waals surface area contributed by atoms with Crippen LogP contribution in [0.1, 0.15) is 25.5 Å². The van der Waals surface area contributed by atoms with Gasteiger partial charge in [-0.25, -0.2) is 4.68 Å². The minimum atomic E-state index is -4.44. The fraction of sp³-hybridized carbons (Fsp3) is 0.727. The van der Waals surface area contributed by atoms with E-state index in [-0.39, 0.29) is 5.88 Å². The third-order valence-corrected chi connectivity index (χ3v) is 3.14. The highest BCUT2D eigenvalue weighted by molar-refractivity contribution is 5.19. The molecule has 1 fully saturated rings. The van der Waals surface area contributed by atoms with Gasteiger partial charge in [0.15, 0.2) is 5.69 Å². The Balaban J connectivity index is 2.16. The standard InChI is InChI=1S/C11H16F3N3O/c1-10(3-5-15-6-4-10)18-9-7-8(11(12,13)14)16-17(9)2/h7,15H,3-6H2,1-2H3. The molecule has 1 aromatic heterocycles. The molecule has 2 rings (SSSR count). The lowest BCUT2D eigenvalue weighted by atomic mass is 9.95. The fourth-order valence-corrected chi connectivity index (χ4v) is 1.99. The largest absolute Gasteiger partial charge is 0.471 e. The van der Waals surface area contributed by atoms with Gasteiger partial charge in [-0.15, -0.1) is 0 Å². The summed E-state index contributed by atoms with van der Waals surface area (Å²) in [6.07, 6.45) is -2.91. The van der Waals surface area contributed by atoms with E-state index < -0.39 is 17.5 Å². The zero-order chi connectivity index (χ0) is 13.4. The molecular weight excluding hydrogens is 247 g/mol. The topological polar surface area (TPSA) is 39.1 Å². The van der Waals surface area contributed by atoms with Gasteiger partial charge in [0.2, 0.25) is 5.88 Å². The number of halogens is 3. The summed E-state index contributed by atoms with van der Waals surface area (Å²) < 4.78 is 44.4. The average molecular weight is 263 g/mol. The summed E-state index contributed by atoms with van der Waals surface area (Å²) in [4.78, 5) is 0. The lowest BCUT2D eigenvalue weighted by molar-refractivity contribution is -0.141. The molecule has 1 saturated heterocycles. The molecule has 0 amide bonds. The van der Waals surface area contributed by atoms with Crippen LogP contribution in [0.2, 0.25) is 0 Å². The molecule has 18 heavy (non-hydrogen) atoms. The van der Waals surface area contributed by atoms with Gasteiger partial charge in [-0.3, -0.25) is 0 Å². The monoisotopic (exact) mass is 263 g/mol. The number of piperidine rings is 1. The molecule has 1 aliphatic rings. The number of hydrogen-bond acceptors (Lipinski definition) is 3. The molecule has 0 aromatic carbocycles. The molecule has 102 valence electrons. The molecule has 0 bridgehead atoms. The maximum Gasteiger partial charge on any atom is 0.435 e. The van der Waals surface area contributed by atoms with Crippen LogP contribution in [0.15, 0.2) is 6.07 Å². The Morgan fingerprint density at radius 2 is 2.00 bits per heavy atom. The minimum Gasteiger partial charge on any atom is -0.471 e. The van der Waals surface area contributed by atoms with E-state index in [0.29, 0.717) is 0 Å². The summed E-state index contributed by atoms with van der Waals surface area (Å²) >= 11 is 0. The molecule has 0 atom stereocenters. The molecule has 1 aliphatic heterocycles. The van der Waals surface area contributed by atoms with Crippen molar-refractivity contribution in [3.8, 4) is 5.88 Å². The SMILES string of the molecule is Cn1nc(C(F)(F)F)cc1OC1(C)CCNCC1. The zero-order valence-electron chi connectivity index (χ0n) is 10.3. The van der Waals surface area contributed by atoms with Crippen LogP contribution in [0.3, 0.4) is 0 Å².